The number of nitrogens with one attached hydrogen (secondary N) is 1. The van der Waals surface area contributed by atoms with E-state index in [9.17, 15) is 5.11 Å². The van der Waals surface area contributed by atoms with Crippen LogP contribution < -0.4 is 5.32 Å². The van der Waals surface area contributed by atoms with Crippen LogP contribution in [0.4, 0.5) is 0 Å². The van der Waals surface area contributed by atoms with Crippen LogP contribution in [0.15, 0.2) is 0 Å². The number of hydrogen-bond acceptors (Lipinski definition) is 4. The molecule has 4 heteroatoms. The van der Waals surface area contributed by atoms with Crippen molar-refractivity contribution in [3.63, 3.8) is 0 Å². The van der Waals surface area contributed by atoms with Gasteiger partial charge in [-0.05, 0) is 19.5 Å². The van der Waals surface area contributed by atoms with E-state index < -0.39 is 0 Å². The van der Waals surface area contributed by atoms with Gasteiger partial charge >= 0.3 is 0 Å². The molecule has 0 heterocycles. The van der Waals surface area contributed by atoms with E-state index in [-0.39, 0.29) is 6.10 Å². The number of nitrogens with zero attached hydrogens (tertiary/aromatic N) is 1. The number of methoxy groups -OCH3 is 1. The molecule has 2 N–H and O–H groups in total. The molecule has 0 amide bonds. The van der Waals surface area contributed by atoms with Gasteiger partial charge in [0.2, 0.25) is 0 Å². The second kappa shape index (κ2) is 10.4. The van der Waals surface area contributed by atoms with Gasteiger partial charge in [0.05, 0.1) is 12.7 Å². The Kier molecular flexibility index (Phi) is 10.3. The van der Waals surface area contributed by atoms with Crippen molar-refractivity contribution in [2.75, 3.05) is 46.4 Å². The van der Waals surface area contributed by atoms with Crippen LogP contribution in [0.1, 0.15) is 20.3 Å². The Morgan fingerprint density at radius 1 is 1.40 bits per heavy atom. The number of rotatable bonds is 10. The van der Waals surface area contributed by atoms with Gasteiger partial charge in [-0.15, -0.1) is 0 Å². The Morgan fingerprint density at radius 3 is 2.67 bits per heavy atom. The molecule has 0 aliphatic heterocycles. The number of likely N-dealkylation sites (N-methyl/N-ethyl adjacent to an activating group) is 1. The fourth-order valence-electron chi connectivity index (χ4n) is 1.41. The van der Waals surface area contributed by atoms with Crippen molar-refractivity contribution in [1.82, 2.24) is 10.2 Å². The lowest BCUT2D eigenvalue weighted by atomic mass is 10.3. The largest absolute Gasteiger partial charge is 0.390 e. The van der Waals surface area contributed by atoms with Crippen molar-refractivity contribution in [3.05, 3.63) is 0 Å². The summed E-state index contributed by atoms with van der Waals surface area (Å²) in [7, 11) is 1.70. The molecule has 0 fully saturated rings. The highest BCUT2D eigenvalue weighted by Crippen LogP contribution is 1.92. The predicted molar refractivity (Wildman–Crippen MR) is 63.2 cm³/mol. The van der Waals surface area contributed by atoms with Crippen molar-refractivity contribution >= 4 is 0 Å². The number of aliphatic hydroxyl groups is 1. The van der Waals surface area contributed by atoms with E-state index in [1.165, 1.54) is 0 Å². The lowest BCUT2D eigenvalue weighted by molar-refractivity contribution is 0.0915. The zero-order valence-electron chi connectivity index (χ0n) is 10.3. The molecule has 92 valence electrons. The van der Waals surface area contributed by atoms with E-state index in [4.69, 9.17) is 4.74 Å². The molecule has 0 aliphatic rings. The zero-order chi connectivity index (χ0) is 11.5. The van der Waals surface area contributed by atoms with E-state index in [2.05, 4.69) is 24.1 Å². The van der Waals surface area contributed by atoms with E-state index in [0.29, 0.717) is 6.54 Å². The van der Waals surface area contributed by atoms with Gasteiger partial charge in [-0.3, -0.25) is 4.90 Å². The summed E-state index contributed by atoms with van der Waals surface area (Å²) in [5.74, 6) is 0. The van der Waals surface area contributed by atoms with Crippen LogP contribution in [-0.2, 0) is 4.74 Å². The van der Waals surface area contributed by atoms with E-state index >= 15 is 0 Å². The average molecular weight is 218 g/mol. The Morgan fingerprint density at radius 2 is 2.13 bits per heavy atom. The third-order valence-electron chi connectivity index (χ3n) is 2.33. The van der Waals surface area contributed by atoms with Crippen molar-refractivity contribution in [1.29, 1.82) is 0 Å². The van der Waals surface area contributed by atoms with Gasteiger partial charge in [-0.2, -0.15) is 0 Å². The van der Waals surface area contributed by atoms with Gasteiger partial charge < -0.3 is 15.2 Å². The van der Waals surface area contributed by atoms with Crippen molar-refractivity contribution < 1.29 is 9.84 Å². The summed E-state index contributed by atoms with van der Waals surface area (Å²) in [5.41, 5.74) is 0. The van der Waals surface area contributed by atoms with Crippen molar-refractivity contribution in [2.45, 2.75) is 26.4 Å². The monoisotopic (exact) mass is 218 g/mol. The van der Waals surface area contributed by atoms with Crippen LogP contribution in [0.25, 0.3) is 0 Å². The summed E-state index contributed by atoms with van der Waals surface area (Å²) in [5, 5.41) is 12.9. The predicted octanol–water partition coefficient (Wildman–Crippen LogP) is 0.315. The summed E-state index contributed by atoms with van der Waals surface area (Å²) < 4.78 is 5.02. The standard InChI is InChI=1S/C11H26N2O2/c1-4-6-12-9-11(14)10-13(5-2)7-8-15-3/h11-12,14H,4-10H2,1-3H3. The summed E-state index contributed by atoms with van der Waals surface area (Å²) in [6.07, 6.45) is 0.821. The molecule has 0 aromatic carbocycles. The molecule has 0 spiro atoms. The van der Waals surface area contributed by atoms with Gasteiger partial charge in [0.15, 0.2) is 0 Å². The quantitative estimate of drug-likeness (QED) is 0.518. The first-order valence-corrected chi connectivity index (χ1v) is 5.84. The SMILES string of the molecule is CCCNCC(O)CN(CC)CCOC. The number of hydrogen-bond donors (Lipinski definition) is 2. The number of ether oxygens (including phenoxy) is 1. The molecule has 0 aromatic rings. The lowest BCUT2D eigenvalue weighted by Crippen LogP contribution is -2.39. The van der Waals surface area contributed by atoms with Crippen LogP contribution >= 0.6 is 0 Å². The van der Waals surface area contributed by atoms with Crippen LogP contribution in [0, 0.1) is 0 Å². The number of aliphatic hydroxyl groups excluding tert-OH is 1. The minimum absolute atomic E-state index is 0.284. The third kappa shape index (κ3) is 8.81. The summed E-state index contributed by atoms with van der Waals surface area (Å²) in [6.45, 7) is 9.16. The lowest BCUT2D eigenvalue weighted by Gasteiger charge is -2.23. The maximum atomic E-state index is 9.73. The maximum absolute atomic E-state index is 9.73. The summed E-state index contributed by atoms with van der Waals surface area (Å²) >= 11 is 0. The molecular formula is C11H26N2O2. The molecule has 0 aromatic heterocycles. The average Bonchev–Trinajstić information content (AvgIpc) is 2.24. The van der Waals surface area contributed by atoms with Gasteiger partial charge in [-0.25, -0.2) is 0 Å². The maximum Gasteiger partial charge on any atom is 0.0791 e. The molecule has 1 atom stereocenters. The van der Waals surface area contributed by atoms with Crippen LogP contribution in [0.2, 0.25) is 0 Å². The minimum atomic E-state index is -0.284. The fraction of sp³-hybridized carbons (Fsp3) is 1.00. The highest BCUT2D eigenvalue weighted by atomic mass is 16.5. The third-order valence-corrected chi connectivity index (χ3v) is 2.33. The Labute approximate surface area is 93.6 Å². The smallest absolute Gasteiger partial charge is 0.0791 e. The molecule has 0 saturated carbocycles. The fourth-order valence-corrected chi connectivity index (χ4v) is 1.41. The molecule has 0 rings (SSSR count). The molecule has 1 unspecified atom stereocenters. The van der Waals surface area contributed by atoms with Gasteiger partial charge in [0, 0.05) is 26.7 Å². The Bertz CT molecular complexity index is 134. The zero-order valence-corrected chi connectivity index (χ0v) is 10.3. The first-order chi connectivity index (χ1) is 7.24. The molecular weight excluding hydrogens is 192 g/mol. The normalized spacial score (nSPS) is 13.4. The topological polar surface area (TPSA) is 44.7 Å². The van der Waals surface area contributed by atoms with Crippen LogP contribution in [0.3, 0.4) is 0 Å². The van der Waals surface area contributed by atoms with Crippen LogP contribution in [-0.4, -0.2) is 62.6 Å². The van der Waals surface area contributed by atoms with E-state index in [1.807, 2.05) is 0 Å². The van der Waals surface area contributed by atoms with E-state index in [0.717, 1.165) is 39.2 Å². The van der Waals surface area contributed by atoms with Gasteiger partial charge in [0.25, 0.3) is 0 Å². The molecule has 0 bridgehead atoms. The molecule has 0 saturated heterocycles. The first kappa shape index (κ1) is 14.8. The molecule has 0 radical (unpaired) electrons. The minimum Gasteiger partial charge on any atom is -0.390 e. The van der Waals surface area contributed by atoms with Gasteiger partial charge in [-0.1, -0.05) is 13.8 Å². The summed E-state index contributed by atoms with van der Waals surface area (Å²) in [6, 6.07) is 0. The summed E-state index contributed by atoms with van der Waals surface area (Å²) in [4.78, 5) is 2.20. The van der Waals surface area contributed by atoms with E-state index in [1.54, 1.807) is 7.11 Å². The highest BCUT2D eigenvalue weighted by Gasteiger charge is 2.09. The van der Waals surface area contributed by atoms with Gasteiger partial charge in [0.1, 0.15) is 0 Å². The molecule has 4 nitrogen and oxygen atoms in total. The van der Waals surface area contributed by atoms with Crippen molar-refractivity contribution in [3.8, 4) is 0 Å². The molecule has 0 aliphatic carbocycles. The second-order valence-electron chi connectivity index (χ2n) is 3.74. The Hall–Kier alpha value is -0.160. The van der Waals surface area contributed by atoms with Crippen molar-refractivity contribution in [2.24, 2.45) is 0 Å². The highest BCUT2D eigenvalue weighted by molar-refractivity contribution is 4.65. The van der Waals surface area contributed by atoms with Crippen LogP contribution in [0.5, 0.6) is 0 Å². The Balaban J connectivity index is 3.55. The first-order valence-electron chi connectivity index (χ1n) is 5.84. The second-order valence-corrected chi connectivity index (χ2v) is 3.74. The molecule has 15 heavy (non-hydrogen) atoms.